The molecule has 16 nitrogen and oxygen atoms in total. The van der Waals surface area contributed by atoms with Crippen molar-refractivity contribution in [2.45, 2.75) is 170 Å². The topological polar surface area (TPSA) is 205 Å². The first-order valence-electron chi connectivity index (χ1n) is 30.4. The molecule has 0 radical (unpaired) electrons. The summed E-state index contributed by atoms with van der Waals surface area (Å²) in [5, 5.41) is 12.0. The number of rotatable bonds is 20. The lowest BCUT2D eigenvalue weighted by molar-refractivity contribution is -0.124. The predicted octanol–water partition coefficient (Wildman–Crippen LogP) is 14.2. The van der Waals surface area contributed by atoms with Gasteiger partial charge < -0.3 is 40.2 Å². The number of carbonyl (C=O) groups is 4. The molecule has 0 spiro atoms. The van der Waals surface area contributed by atoms with Crippen LogP contribution in [0.1, 0.15) is 128 Å². The molecule has 0 unspecified atom stereocenters. The average Bonchev–Trinajstić information content (AvgIpc) is 0.780. The minimum atomic E-state index is -0.429. The molecule has 1 aliphatic heterocycles. The molecule has 0 saturated carbocycles. The largest absolute Gasteiger partial charge is 0.481 e. The highest BCUT2D eigenvalue weighted by molar-refractivity contribution is 8.01. The Balaban J connectivity index is 1.29. The molecule has 4 amide bonds. The summed E-state index contributed by atoms with van der Waals surface area (Å²) in [5.41, 5.74) is 4.88. The maximum Gasteiger partial charge on any atom is 0.258 e. The van der Waals surface area contributed by atoms with Crippen molar-refractivity contribution in [2.24, 2.45) is 0 Å². The number of nitrogens with one attached hydrogen (secondary N) is 4. The fourth-order valence-corrected chi connectivity index (χ4v) is 14.0. The van der Waals surface area contributed by atoms with Gasteiger partial charge in [-0.3, -0.25) is 39.1 Å². The first-order valence-corrected chi connectivity index (χ1v) is 33.6. The molecular weight excluding hydrogens is 1230 g/mol. The molecule has 20 heteroatoms. The van der Waals surface area contributed by atoms with E-state index >= 15 is 0 Å². The highest BCUT2D eigenvalue weighted by Crippen LogP contribution is 2.56. The van der Waals surface area contributed by atoms with Gasteiger partial charge in [-0.25, -0.2) is 0 Å². The zero-order valence-electron chi connectivity index (χ0n) is 54.2. The van der Waals surface area contributed by atoms with E-state index in [0.717, 1.165) is 22.3 Å². The first-order chi connectivity index (χ1) is 43.7. The highest BCUT2D eigenvalue weighted by atomic mass is 32.2. The standard InChI is InChI=1S/C72H80N8O8S4/c1-69(2,3)45-29-53-65(85-41-61(81)77-37-49-21-13-17-25-73-49)54(30-45)90-56-32-47(71(7,8)9)34-58(67(56)87-43-63(83)79-39-51-23-15-19-27-75-51)92-60-36-48(72(10,11)12)35-59(68(60)88-44-64(84)80-40-52-24-16-20-28-76-52)91-57-33-46(70(4,5)6)31-55(89-53)66(57)86-42-62(82)78-38-50-22-14-18-26-74-50/h13-36H,37-44H2,1-12H3,(H,77,81)(H,78,82)(H,79,83)(H,80,84). The number of ether oxygens (including phenoxy) is 4. The van der Waals surface area contributed by atoms with Crippen LogP contribution in [0.15, 0.2) is 185 Å². The molecule has 4 aromatic heterocycles. The number of pyridine rings is 4. The number of fused-ring (bicyclic) bond motifs is 8. The number of amides is 4. The van der Waals surface area contributed by atoms with Gasteiger partial charge in [0.05, 0.1) is 88.1 Å². The van der Waals surface area contributed by atoms with Gasteiger partial charge in [-0.1, -0.05) is 154 Å². The maximum absolute atomic E-state index is 14.1. The summed E-state index contributed by atoms with van der Waals surface area (Å²) < 4.78 is 27.7. The summed E-state index contributed by atoms with van der Waals surface area (Å²) >= 11 is 5.62. The molecule has 1 aliphatic rings. The van der Waals surface area contributed by atoms with Gasteiger partial charge in [0.15, 0.2) is 26.4 Å². The van der Waals surface area contributed by atoms with Crippen LogP contribution in [-0.2, 0) is 67.0 Å². The first kappa shape index (κ1) is 68.3. The minimum absolute atomic E-state index is 0.187. The molecule has 92 heavy (non-hydrogen) atoms. The van der Waals surface area contributed by atoms with Crippen molar-refractivity contribution in [2.75, 3.05) is 26.4 Å². The Kier molecular flexibility index (Phi) is 22.4. The molecule has 0 fully saturated rings. The van der Waals surface area contributed by atoms with Gasteiger partial charge in [0.1, 0.15) is 23.0 Å². The van der Waals surface area contributed by atoms with Crippen molar-refractivity contribution in [3.63, 3.8) is 0 Å². The number of aromatic nitrogens is 4. The number of benzene rings is 4. The van der Waals surface area contributed by atoms with Gasteiger partial charge >= 0.3 is 0 Å². The van der Waals surface area contributed by atoms with Gasteiger partial charge in [0, 0.05) is 24.8 Å². The van der Waals surface area contributed by atoms with E-state index < -0.39 is 21.7 Å². The third-order valence-electron chi connectivity index (χ3n) is 14.6. The van der Waals surface area contributed by atoms with Gasteiger partial charge in [0.25, 0.3) is 23.6 Å². The third-order valence-corrected chi connectivity index (χ3v) is 18.8. The van der Waals surface area contributed by atoms with Crippen LogP contribution >= 0.6 is 47.0 Å². The van der Waals surface area contributed by atoms with Crippen LogP contribution in [0.3, 0.4) is 0 Å². The number of hydrogen-bond acceptors (Lipinski definition) is 16. The Morgan fingerprint density at radius 2 is 0.500 bits per heavy atom. The smallest absolute Gasteiger partial charge is 0.258 e. The lowest BCUT2D eigenvalue weighted by atomic mass is 9.87. The number of nitrogens with zero attached hydrogens (tertiary/aromatic N) is 4. The third kappa shape index (κ3) is 19.0. The molecule has 8 aromatic rings. The van der Waals surface area contributed by atoms with Crippen molar-refractivity contribution in [3.05, 3.63) is 191 Å². The molecule has 0 saturated heterocycles. The summed E-state index contributed by atoms with van der Waals surface area (Å²) in [5.74, 6) is 0.172. The number of hydrogen-bond donors (Lipinski definition) is 4. The quantitative estimate of drug-likeness (QED) is 0.0560. The van der Waals surface area contributed by atoms with Crippen LogP contribution in [0.4, 0.5) is 0 Å². The lowest BCUT2D eigenvalue weighted by Crippen LogP contribution is -2.29. The number of carbonyl (C=O) groups excluding carboxylic acids is 4. The molecule has 9 rings (SSSR count). The summed E-state index contributed by atoms with van der Waals surface area (Å²) in [6.07, 6.45) is 6.73. The zero-order valence-corrected chi connectivity index (χ0v) is 57.5. The van der Waals surface area contributed by atoms with Crippen LogP contribution in [0.25, 0.3) is 0 Å². The maximum atomic E-state index is 14.1. The van der Waals surface area contributed by atoms with Gasteiger partial charge in [0.2, 0.25) is 0 Å². The van der Waals surface area contributed by atoms with E-state index in [1.807, 2.05) is 72.8 Å². The fourth-order valence-electron chi connectivity index (χ4n) is 9.21. The molecular formula is C72H80N8O8S4. The minimum Gasteiger partial charge on any atom is -0.481 e. The Bertz CT molecular complexity index is 3310. The van der Waals surface area contributed by atoms with Gasteiger partial charge in [-0.15, -0.1) is 0 Å². The molecule has 5 heterocycles. The fraction of sp³-hybridized carbons (Fsp3) is 0.333. The van der Waals surface area contributed by atoms with Crippen molar-refractivity contribution < 1.29 is 38.1 Å². The normalized spacial score (nSPS) is 12.5. The van der Waals surface area contributed by atoms with E-state index in [0.29, 0.717) is 84.9 Å². The Morgan fingerprint density at radius 1 is 0.315 bits per heavy atom. The van der Waals surface area contributed by atoms with E-state index in [9.17, 15) is 19.2 Å². The lowest BCUT2D eigenvalue weighted by Gasteiger charge is -2.28. The van der Waals surface area contributed by atoms with Gasteiger partial charge in [-0.05, 0) is 141 Å². The van der Waals surface area contributed by atoms with E-state index in [1.54, 1.807) is 24.8 Å². The van der Waals surface area contributed by atoms with E-state index in [2.05, 4.69) is 173 Å². The Labute approximate surface area is 557 Å². The van der Waals surface area contributed by atoms with Crippen molar-refractivity contribution in [1.82, 2.24) is 41.2 Å². The second kappa shape index (κ2) is 30.1. The van der Waals surface area contributed by atoms with Crippen LogP contribution in [0.5, 0.6) is 23.0 Å². The average molecular weight is 1310 g/mol. The summed E-state index contributed by atoms with van der Waals surface area (Å²) in [6, 6.07) is 38.9. The monoisotopic (exact) mass is 1310 g/mol. The van der Waals surface area contributed by atoms with Crippen LogP contribution < -0.4 is 40.2 Å². The van der Waals surface area contributed by atoms with E-state index in [1.165, 1.54) is 47.0 Å². The van der Waals surface area contributed by atoms with Crippen molar-refractivity contribution in [3.8, 4) is 23.0 Å². The summed E-state index contributed by atoms with van der Waals surface area (Å²) in [4.78, 5) is 79.3. The van der Waals surface area contributed by atoms with Crippen LogP contribution in [0.2, 0.25) is 0 Å². The molecule has 480 valence electrons. The second-order valence-electron chi connectivity index (χ2n) is 26.2. The van der Waals surface area contributed by atoms with Crippen molar-refractivity contribution in [1.29, 1.82) is 0 Å². The second-order valence-corrected chi connectivity index (χ2v) is 30.5. The molecule has 0 aliphatic carbocycles. The Hall–Kier alpha value is -8.04. The molecule has 4 N–H and O–H groups in total. The van der Waals surface area contributed by atoms with E-state index in [4.69, 9.17) is 18.9 Å². The van der Waals surface area contributed by atoms with Gasteiger partial charge in [-0.2, -0.15) is 0 Å². The summed E-state index contributed by atoms with van der Waals surface area (Å²) in [6.45, 7) is 25.1. The molecule has 8 bridgehead atoms. The highest BCUT2D eigenvalue weighted by Gasteiger charge is 2.32. The van der Waals surface area contributed by atoms with Crippen molar-refractivity contribution >= 4 is 70.7 Å². The Morgan fingerprint density at radius 3 is 0.652 bits per heavy atom. The zero-order chi connectivity index (χ0) is 65.8. The SMILES string of the molecule is CC(C)(C)c1cc2c(OCC(=O)NCc3ccccn3)c(c1)Sc1cc(C(C)(C)C)cc(c1OCC(=O)NCc1ccccn1)Sc1cc(C(C)(C)C)cc(c1OCC(=O)NCc1ccccn1)Sc1cc(C(C)(C)C)cc(c1OCC(=O)NCc1ccccn1)S2. The molecule has 4 aromatic carbocycles. The van der Waals surface area contributed by atoms with Crippen LogP contribution in [-0.4, -0.2) is 70.0 Å². The molecule has 0 atom stereocenters. The van der Waals surface area contributed by atoms with E-state index in [-0.39, 0.29) is 76.2 Å². The van der Waals surface area contributed by atoms with Crippen LogP contribution in [0, 0.1) is 0 Å². The summed E-state index contributed by atoms with van der Waals surface area (Å²) in [7, 11) is 0. The predicted molar refractivity (Wildman–Crippen MR) is 363 cm³/mol.